The van der Waals surface area contributed by atoms with E-state index in [2.05, 4.69) is 12.1 Å². The summed E-state index contributed by atoms with van der Waals surface area (Å²) in [5, 5.41) is 32.2. The fourth-order valence-electron chi connectivity index (χ4n) is 6.02. The molecule has 6 rings (SSSR count). The summed E-state index contributed by atoms with van der Waals surface area (Å²) in [6.07, 6.45) is 1.96. The monoisotopic (exact) mass is 524 g/mol. The third-order valence-electron chi connectivity index (χ3n) is 7.96. The Balaban J connectivity index is 1.36. The van der Waals surface area contributed by atoms with E-state index in [1.807, 2.05) is 42.5 Å². The van der Waals surface area contributed by atoms with Crippen molar-refractivity contribution >= 4 is 0 Å². The number of phenolic OH excluding ortho intramolecular Hbond substituents is 2. The number of phenols is 2. The molecule has 0 spiro atoms. The van der Waals surface area contributed by atoms with Crippen molar-refractivity contribution in [2.45, 2.75) is 44.3 Å². The molecule has 2 atom stereocenters. The lowest BCUT2D eigenvalue weighted by Gasteiger charge is -2.35. The van der Waals surface area contributed by atoms with Crippen LogP contribution in [0.25, 0.3) is 11.1 Å². The molecule has 0 bridgehead atoms. The van der Waals surface area contributed by atoms with Crippen LogP contribution in [0.15, 0.2) is 66.7 Å². The number of hydrogen-bond donors (Lipinski definition) is 3. The summed E-state index contributed by atoms with van der Waals surface area (Å²) in [6, 6.07) is 21.1. The summed E-state index contributed by atoms with van der Waals surface area (Å²) in [5.74, 6) is 2.13. The summed E-state index contributed by atoms with van der Waals surface area (Å²) in [5.41, 5.74) is 7.90. The predicted octanol–water partition coefficient (Wildman–Crippen LogP) is 5.70. The van der Waals surface area contributed by atoms with Gasteiger partial charge in [0.25, 0.3) is 0 Å². The van der Waals surface area contributed by atoms with E-state index in [-0.39, 0.29) is 11.5 Å². The van der Waals surface area contributed by atoms with Crippen LogP contribution in [0.3, 0.4) is 0 Å². The Hall–Kier alpha value is -4.16. The number of aliphatic hydroxyl groups is 1. The summed E-state index contributed by atoms with van der Waals surface area (Å²) in [7, 11) is 3.18. The summed E-state index contributed by atoms with van der Waals surface area (Å²) < 4.78 is 17.8. The minimum absolute atomic E-state index is 0.114. The molecule has 0 amide bonds. The van der Waals surface area contributed by atoms with Crippen molar-refractivity contribution < 1.29 is 29.5 Å². The molecule has 2 aliphatic rings. The van der Waals surface area contributed by atoms with Crippen LogP contribution in [0.1, 0.15) is 39.5 Å². The van der Waals surface area contributed by atoms with Gasteiger partial charge >= 0.3 is 0 Å². The summed E-state index contributed by atoms with van der Waals surface area (Å²) >= 11 is 0. The molecule has 0 unspecified atom stereocenters. The van der Waals surface area contributed by atoms with Crippen molar-refractivity contribution in [1.82, 2.24) is 0 Å². The van der Waals surface area contributed by atoms with Crippen LogP contribution in [0, 0.1) is 0 Å². The van der Waals surface area contributed by atoms with Crippen molar-refractivity contribution in [2.75, 3.05) is 14.2 Å². The maximum Gasteiger partial charge on any atom is 0.161 e. The molecule has 0 radical (unpaired) electrons. The topological polar surface area (TPSA) is 88.4 Å². The Bertz CT molecular complexity index is 1530. The minimum atomic E-state index is -0.785. The molecule has 0 saturated heterocycles. The van der Waals surface area contributed by atoms with Gasteiger partial charge in [0.1, 0.15) is 23.4 Å². The van der Waals surface area contributed by atoms with Crippen molar-refractivity contribution in [3.63, 3.8) is 0 Å². The largest absolute Gasteiger partial charge is 0.508 e. The predicted molar refractivity (Wildman–Crippen MR) is 149 cm³/mol. The quantitative estimate of drug-likeness (QED) is 0.300. The molecule has 3 N–H and O–H groups in total. The van der Waals surface area contributed by atoms with E-state index in [1.165, 1.54) is 12.7 Å². The molecular formula is C33H32O6. The van der Waals surface area contributed by atoms with Crippen molar-refractivity contribution in [3.05, 3.63) is 100 Å². The molecule has 1 aliphatic carbocycles. The molecule has 0 aromatic heterocycles. The van der Waals surface area contributed by atoms with Gasteiger partial charge in [-0.2, -0.15) is 0 Å². The first-order valence-electron chi connectivity index (χ1n) is 13.3. The highest BCUT2D eigenvalue weighted by Gasteiger charge is 2.35. The molecule has 4 aromatic rings. The van der Waals surface area contributed by atoms with Crippen LogP contribution in [-0.2, 0) is 32.1 Å². The van der Waals surface area contributed by atoms with Gasteiger partial charge in [0.2, 0.25) is 0 Å². The highest BCUT2D eigenvalue weighted by atomic mass is 16.5. The zero-order chi connectivity index (χ0) is 27.1. The minimum Gasteiger partial charge on any atom is -0.508 e. The van der Waals surface area contributed by atoms with Crippen LogP contribution >= 0.6 is 0 Å². The standard InChI is InChI=1S/C33H32O6/c1-37-29-18-28-26(25-12-10-20-15-23(34)11-13-24(20)31(25)29)17-27(35)33(39-28)22-14-21(32(36)30(16-22)38-2)9-8-19-6-4-3-5-7-19/h3-7,11,13-16,18,27,33-36H,8-10,12,17H2,1-2H3/t27-,33+/m1/s1. The summed E-state index contributed by atoms with van der Waals surface area (Å²) in [4.78, 5) is 0. The first kappa shape index (κ1) is 25.1. The highest BCUT2D eigenvalue weighted by molar-refractivity contribution is 5.82. The van der Waals surface area contributed by atoms with Gasteiger partial charge in [0.05, 0.1) is 20.3 Å². The number of hydrogen-bond acceptors (Lipinski definition) is 6. The number of rotatable bonds is 6. The molecule has 6 nitrogen and oxygen atoms in total. The van der Waals surface area contributed by atoms with Gasteiger partial charge in [0.15, 0.2) is 11.5 Å². The maximum absolute atomic E-state index is 11.4. The Kier molecular flexibility index (Phi) is 6.57. The Labute approximate surface area is 228 Å². The second-order valence-electron chi connectivity index (χ2n) is 10.3. The van der Waals surface area contributed by atoms with Gasteiger partial charge < -0.3 is 29.5 Å². The Morgan fingerprint density at radius 2 is 1.64 bits per heavy atom. The van der Waals surface area contributed by atoms with Gasteiger partial charge in [-0.1, -0.05) is 36.4 Å². The molecule has 0 fully saturated rings. The van der Waals surface area contributed by atoms with Crippen molar-refractivity contribution in [2.24, 2.45) is 0 Å². The fourth-order valence-corrected chi connectivity index (χ4v) is 6.02. The number of ether oxygens (including phenoxy) is 3. The number of fused-ring (bicyclic) bond motifs is 5. The third kappa shape index (κ3) is 4.55. The Morgan fingerprint density at radius 3 is 2.41 bits per heavy atom. The number of aryl methyl sites for hydroxylation is 3. The second kappa shape index (κ2) is 10.2. The highest BCUT2D eigenvalue weighted by Crippen LogP contribution is 2.49. The molecule has 39 heavy (non-hydrogen) atoms. The number of benzene rings is 4. The molecule has 0 saturated carbocycles. The van der Waals surface area contributed by atoms with Gasteiger partial charge in [-0.3, -0.25) is 0 Å². The van der Waals surface area contributed by atoms with Crippen LogP contribution in [-0.4, -0.2) is 35.6 Å². The molecule has 4 aromatic carbocycles. The van der Waals surface area contributed by atoms with E-state index in [1.54, 1.807) is 19.2 Å². The lowest BCUT2D eigenvalue weighted by Crippen LogP contribution is -2.31. The number of aromatic hydroxyl groups is 2. The van der Waals surface area contributed by atoms with Crippen molar-refractivity contribution in [1.29, 1.82) is 0 Å². The Morgan fingerprint density at radius 1 is 0.846 bits per heavy atom. The van der Waals surface area contributed by atoms with E-state index in [0.29, 0.717) is 30.1 Å². The molecule has 1 aliphatic heterocycles. The van der Waals surface area contributed by atoms with E-state index in [9.17, 15) is 15.3 Å². The van der Waals surface area contributed by atoms with Crippen LogP contribution in [0.4, 0.5) is 0 Å². The second-order valence-corrected chi connectivity index (χ2v) is 10.3. The van der Waals surface area contributed by atoms with E-state index in [0.717, 1.165) is 58.2 Å². The fraction of sp³-hybridized carbons (Fsp3) is 0.273. The van der Waals surface area contributed by atoms with Gasteiger partial charge in [-0.15, -0.1) is 0 Å². The lowest BCUT2D eigenvalue weighted by molar-refractivity contribution is 0.0202. The van der Waals surface area contributed by atoms with E-state index < -0.39 is 12.2 Å². The number of aliphatic hydroxyl groups excluding tert-OH is 1. The van der Waals surface area contributed by atoms with Crippen LogP contribution in [0.5, 0.6) is 28.7 Å². The zero-order valence-electron chi connectivity index (χ0n) is 22.1. The zero-order valence-corrected chi connectivity index (χ0v) is 22.1. The third-order valence-corrected chi connectivity index (χ3v) is 7.96. The van der Waals surface area contributed by atoms with E-state index >= 15 is 0 Å². The first-order valence-corrected chi connectivity index (χ1v) is 13.3. The molecular weight excluding hydrogens is 492 g/mol. The maximum atomic E-state index is 11.4. The van der Waals surface area contributed by atoms with Crippen LogP contribution in [0.2, 0.25) is 0 Å². The lowest BCUT2D eigenvalue weighted by atomic mass is 9.79. The normalized spacial score (nSPS) is 17.4. The molecule has 1 heterocycles. The van der Waals surface area contributed by atoms with Gasteiger partial charge in [-0.25, -0.2) is 0 Å². The van der Waals surface area contributed by atoms with Crippen LogP contribution < -0.4 is 14.2 Å². The van der Waals surface area contributed by atoms with Gasteiger partial charge in [0, 0.05) is 23.6 Å². The molecule has 200 valence electrons. The van der Waals surface area contributed by atoms with E-state index in [4.69, 9.17) is 14.2 Å². The SMILES string of the molecule is COc1cc([C@@H]2Oc3cc(OC)c4c(c3C[C@H]2O)CCc2cc(O)ccc2-4)cc(CCc2ccccc2)c1O. The van der Waals surface area contributed by atoms with Crippen molar-refractivity contribution in [3.8, 4) is 39.9 Å². The molecule has 6 heteroatoms. The van der Waals surface area contributed by atoms with Gasteiger partial charge in [-0.05, 0) is 83.3 Å². The average molecular weight is 525 g/mol. The average Bonchev–Trinajstić information content (AvgIpc) is 2.96. The smallest absolute Gasteiger partial charge is 0.161 e. The summed E-state index contributed by atoms with van der Waals surface area (Å²) in [6.45, 7) is 0. The number of methoxy groups -OCH3 is 2. The first-order chi connectivity index (χ1) is 19.0.